The quantitative estimate of drug-likeness (QED) is 0.688. The molecule has 1 amide bonds. The van der Waals surface area contributed by atoms with Crippen molar-refractivity contribution in [3.8, 4) is 5.75 Å². The van der Waals surface area contributed by atoms with E-state index in [2.05, 4.69) is 60.5 Å². The van der Waals surface area contributed by atoms with Crippen molar-refractivity contribution in [2.75, 3.05) is 24.5 Å². The fourth-order valence-corrected chi connectivity index (χ4v) is 3.73. The van der Waals surface area contributed by atoms with E-state index >= 15 is 0 Å². The van der Waals surface area contributed by atoms with Gasteiger partial charge in [-0.05, 0) is 61.4 Å². The molecule has 0 unspecified atom stereocenters. The van der Waals surface area contributed by atoms with Crippen molar-refractivity contribution in [1.29, 1.82) is 0 Å². The van der Waals surface area contributed by atoms with Gasteiger partial charge in [-0.15, -0.1) is 0 Å². The first-order valence-corrected chi connectivity index (χ1v) is 10.3. The molecular formula is C24H32N2O2. The topological polar surface area (TPSA) is 41.6 Å². The van der Waals surface area contributed by atoms with E-state index in [1.807, 2.05) is 19.9 Å². The zero-order chi connectivity index (χ0) is 20.1. The maximum Gasteiger partial charge on any atom is 0.260 e. The number of hydrogen-bond acceptors (Lipinski definition) is 3. The minimum Gasteiger partial charge on any atom is -0.481 e. The zero-order valence-corrected chi connectivity index (χ0v) is 17.5. The van der Waals surface area contributed by atoms with Gasteiger partial charge in [-0.25, -0.2) is 0 Å². The predicted molar refractivity (Wildman–Crippen MR) is 115 cm³/mol. The highest BCUT2D eigenvalue weighted by atomic mass is 16.5. The van der Waals surface area contributed by atoms with Gasteiger partial charge in [-0.1, -0.05) is 44.2 Å². The third kappa shape index (κ3) is 4.86. The number of benzene rings is 2. The third-order valence-corrected chi connectivity index (χ3v) is 5.35. The minimum absolute atomic E-state index is 0.0574. The molecule has 1 aliphatic rings. The fourth-order valence-electron chi connectivity index (χ4n) is 3.73. The standard InChI is InChI=1S/C24H32N2O2/c1-17(2)21-11-10-18(3)16-23(21)28-19(4)24(27)25-13-7-14-26-15-12-20-8-5-6-9-22(20)26/h5-6,8-11,16-17,19H,7,12-15H2,1-4H3,(H,25,27)/t19-/m1/s1. The first kappa shape index (κ1) is 20.2. The second-order valence-electron chi connectivity index (χ2n) is 7.97. The Kier molecular flexibility index (Phi) is 6.61. The summed E-state index contributed by atoms with van der Waals surface area (Å²) in [5.41, 5.74) is 5.04. The molecule has 0 radical (unpaired) electrons. The predicted octanol–water partition coefficient (Wildman–Crippen LogP) is 4.45. The molecule has 2 aromatic rings. The van der Waals surface area contributed by atoms with Crippen LogP contribution in [0.4, 0.5) is 5.69 Å². The van der Waals surface area contributed by atoms with Crippen LogP contribution in [0.3, 0.4) is 0 Å². The van der Waals surface area contributed by atoms with Crippen molar-refractivity contribution in [1.82, 2.24) is 5.32 Å². The van der Waals surface area contributed by atoms with Gasteiger partial charge in [-0.3, -0.25) is 4.79 Å². The monoisotopic (exact) mass is 380 g/mol. The second kappa shape index (κ2) is 9.13. The largest absolute Gasteiger partial charge is 0.481 e. The minimum atomic E-state index is -0.508. The van der Waals surface area contributed by atoms with E-state index in [0.717, 1.165) is 42.8 Å². The highest BCUT2D eigenvalue weighted by Crippen LogP contribution is 2.29. The number of nitrogens with zero attached hydrogens (tertiary/aromatic N) is 1. The van der Waals surface area contributed by atoms with Crippen LogP contribution in [0, 0.1) is 6.92 Å². The highest BCUT2D eigenvalue weighted by molar-refractivity contribution is 5.80. The molecule has 0 saturated carbocycles. The Bertz CT molecular complexity index is 816. The average molecular weight is 381 g/mol. The molecule has 0 fully saturated rings. The van der Waals surface area contributed by atoms with Gasteiger partial charge in [0.05, 0.1) is 0 Å². The van der Waals surface area contributed by atoms with E-state index < -0.39 is 6.10 Å². The number of nitrogens with one attached hydrogen (secondary N) is 1. The number of amides is 1. The molecule has 0 bridgehead atoms. The Morgan fingerprint density at radius 1 is 1.18 bits per heavy atom. The summed E-state index contributed by atoms with van der Waals surface area (Å²) in [6.45, 7) is 10.8. The van der Waals surface area contributed by atoms with Gasteiger partial charge >= 0.3 is 0 Å². The summed E-state index contributed by atoms with van der Waals surface area (Å²) in [4.78, 5) is 14.9. The molecule has 4 heteroatoms. The van der Waals surface area contributed by atoms with Crippen LogP contribution >= 0.6 is 0 Å². The lowest BCUT2D eigenvalue weighted by Crippen LogP contribution is -2.38. The molecular weight excluding hydrogens is 348 g/mol. The van der Waals surface area contributed by atoms with Crippen molar-refractivity contribution >= 4 is 11.6 Å². The molecule has 1 N–H and O–H groups in total. The van der Waals surface area contributed by atoms with E-state index in [-0.39, 0.29) is 5.91 Å². The number of para-hydroxylation sites is 1. The van der Waals surface area contributed by atoms with Crippen molar-refractivity contribution < 1.29 is 9.53 Å². The molecule has 1 aliphatic heterocycles. The molecule has 2 aromatic carbocycles. The van der Waals surface area contributed by atoms with Gasteiger partial charge in [0.1, 0.15) is 5.75 Å². The van der Waals surface area contributed by atoms with Crippen LogP contribution in [0.1, 0.15) is 49.8 Å². The Morgan fingerprint density at radius 2 is 1.96 bits per heavy atom. The molecule has 0 aliphatic carbocycles. The van der Waals surface area contributed by atoms with Gasteiger partial charge in [0.25, 0.3) is 5.91 Å². The lowest BCUT2D eigenvalue weighted by atomic mass is 10.0. The van der Waals surface area contributed by atoms with Crippen LogP contribution in [0.5, 0.6) is 5.75 Å². The van der Waals surface area contributed by atoms with E-state index in [1.165, 1.54) is 11.3 Å². The van der Waals surface area contributed by atoms with Gasteiger partial charge in [-0.2, -0.15) is 0 Å². The fraction of sp³-hybridized carbons (Fsp3) is 0.458. The molecule has 0 aromatic heterocycles. The van der Waals surface area contributed by atoms with Crippen LogP contribution in [-0.4, -0.2) is 31.6 Å². The first-order valence-electron chi connectivity index (χ1n) is 10.3. The van der Waals surface area contributed by atoms with Crippen molar-refractivity contribution in [3.63, 3.8) is 0 Å². The zero-order valence-electron chi connectivity index (χ0n) is 17.5. The van der Waals surface area contributed by atoms with Crippen molar-refractivity contribution in [2.45, 2.75) is 52.6 Å². The van der Waals surface area contributed by atoms with Crippen molar-refractivity contribution in [3.05, 3.63) is 59.2 Å². The van der Waals surface area contributed by atoms with Crippen LogP contribution in [0.2, 0.25) is 0 Å². The summed E-state index contributed by atoms with van der Waals surface area (Å²) in [5, 5.41) is 3.02. The number of carbonyl (C=O) groups excluding carboxylic acids is 1. The van der Waals surface area contributed by atoms with E-state index in [0.29, 0.717) is 12.5 Å². The van der Waals surface area contributed by atoms with Crippen LogP contribution < -0.4 is 15.0 Å². The van der Waals surface area contributed by atoms with Crippen molar-refractivity contribution in [2.24, 2.45) is 0 Å². The third-order valence-electron chi connectivity index (χ3n) is 5.35. The van der Waals surface area contributed by atoms with Crippen LogP contribution in [0.15, 0.2) is 42.5 Å². The summed E-state index contributed by atoms with van der Waals surface area (Å²) in [5.74, 6) is 1.11. The molecule has 1 atom stereocenters. The number of anilines is 1. The van der Waals surface area contributed by atoms with Gasteiger partial charge in [0.15, 0.2) is 6.10 Å². The van der Waals surface area contributed by atoms with Crippen LogP contribution in [-0.2, 0) is 11.2 Å². The second-order valence-corrected chi connectivity index (χ2v) is 7.97. The summed E-state index contributed by atoms with van der Waals surface area (Å²) < 4.78 is 6.00. The Hall–Kier alpha value is -2.49. The maximum absolute atomic E-state index is 12.5. The van der Waals surface area contributed by atoms with Gasteiger partial charge < -0.3 is 15.0 Å². The number of ether oxygens (including phenoxy) is 1. The number of carbonyl (C=O) groups is 1. The van der Waals surface area contributed by atoms with Crippen LogP contribution in [0.25, 0.3) is 0 Å². The first-order chi connectivity index (χ1) is 13.5. The lowest BCUT2D eigenvalue weighted by Gasteiger charge is -2.21. The molecule has 0 spiro atoms. The Morgan fingerprint density at radius 3 is 2.75 bits per heavy atom. The summed E-state index contributed by atoms with van der Waals surface area (Å²) in [7, 11) is 0. The smallest absolute Gasteiger partial charge is 0.260 e. The Labute approximate surface area is 168 Å². The highest BCUT2D eigenvalue weighted by Gasteiger charge is 2.19. The molecule has 1 heterocycles. The summed E-state index contributed by atoms with van der Waals surface area (Å²) >= 11 is 0. The maximum atomic E-state index is 12.5. The number of rotatable bonds is 8. The summed E-state index contributed by atoms with van der Waals surface area (Å²) in [6, 6.07) is 14.8. The number of aryl methyl sites for hydroxylation is 1. The van der Waals surface area contributed by atoms with E-state index in [1.54, 1.807) is 0 Å². The van der Waals surface area contributed by atoms with Gasteiger partial charge in [0.2, 0.25) is 0 Å². The number of hydrogen-bond donors (Lipinski definition) is 1. The van der Waals surface area contributed by atoms with Gasteiger partial charge in [0, 0.05) is 25.3 Å². The molecule has 28 heavy (non-hydrogen) atoms. The normalized spacial score (nSPS) is 14.1. The molecule has 0 saturated heterocycles. The lowest BCUT2D eigenvalue weighted by molar-refractivity contribution is -0.127. The molecule has 4 nitrogen and oxygen atoms in total. The SMILES string of the molecule is Cc1ccc(C(C)C)c(O[C@H](C)C(=O)NCCCN2CCc3ccccc32)c1. The molecule has 150 valence electrons. The Balaban J connectivity index is 1.46. The van der Waals surface area contributed by atoms with E-state index in [9.17, 15) is 4.79 Å². The number of fused-ring (bicyclic) bond motifs is 1. The van der Waals surface area contributed by atoms with E-state index in [4.69, 9.17) is 4.74 Å². The summed E-state index contributed by atoms with van der Waals surface area (Å²) in [6.07, 6.45) is 1.53. The molecule has 3 rings (SSSR count). The average Bonchev–Trinajstić information content (AvgIpc) is 3.08.